The van der Waals surface area contributed by atoms with Crippen LogP contribution >= 0.6 is 39.1 Å². The Morgan fingerprint density at radius 3 is 2.71 bits per heavy atom. The molecule has 2 rings (SSSR count). The van der Waals surface area contributed by atoms with Crippen LogP contribution in [-0.2, 0) is 6.54 Å². The number of carbonyl (C=O) groups is 1. The van der Waals surface area contributed by atoms with E-state index in [1.807, 2.05) is 19.0 Å². The van der Waals surface area contributed by atoms with E-state index in [9.17, 15) is 4.79 Å². The SMILES string of the molecule is CN(C)CCn1ncc(Br)c1C(=O)c1ccc(Cl)cc1Cl. The minimum absolute atomic E-state index is 0.181. The van der Waals surface area contributed by atoms with E-state index in [0.29, 0.717) is 32.3 Å². The summed E-state index contributed by atoms with van der Waals surface area (Å²) < 4.78 is 2.33. The molecular formula is C14H14BrCl2N3O. The summed E-state index contributed by atoms with van der Waals surface area (Å²) in [7, 11) is 3.94. The quantitative estimate of drug-likeness (QED) is 0.729. The van der Waals surface area contributed by atoms with E-state index >= 15 is 0 Å². The number of hydrogen-bond donors (Lipinski definition) is 0. The van der Waals surface area contributed by atoms with E-state index in [2.05, 4.69) is 21.0 Å². The molecule has 1 heterocycles. The average Bonchev–Trinajstić information content (AvgIpc) is 2.77. The van der Waals surface area contributed by atoms with Crippen LogP contribution < -0.4 is 0 Å². The molecule has 0 bridgehead atoms. The highest BCUT2D eigenvalue weighted by Gasteiger charge is 2.21. The van der Waals surface area contributed by atoms with E-state index < -0.39 is 0 Å². The van der Waals surface area contributed by atoms with Crippen LogP contribution in [0.3, 0.4) is 0 Å². The van der Waals surface area contributed by atoms with Gasteiger partial charge in [0.2, 0.25) is 5.78 Å². The topological polar surface area (TPSA) is 38.1 Å². The first kappa shape index (κ1) is 16.5. The lowest BCUT2D eigenvalue weighted by Crippen LogP contribution is -2.22. The van der Waals surface area contributed by atoms with Crippen molar-refractivity contribution in [3.8, 4) is 0 Å². The fraction of sp³-hybridized carbons (Fsp3) is 0.286. The fourth-order valence-corrected chi connectivity index (χ4v) is 2.82. The molecule has 0 fully saturated rings. The second kappa shape index (κ2) is 6.92. The highest BCUT2D eigenvalue weighted by atomic mass is 79.9. The third kappa shape index (κ3) is 3.86. The molecule has 7 heteroatoms. The number of ketones is 1. The van der Waals surface area contributed by atoms with Crippen molar-refractivity contribution in [1.29, 1.82) is 0 Å². The van der Waals surface area contributed by atoms with Gasteiger partial charge in [0.25, 0.3) is 0 Å². The Bertz CT molecular complexity index is 670. The molecule has 0 radical (unpaired) electrons. The average molecular weight is 391 g/mol. The van der Waals surface area contributed by atoms with Gasteiger partial charge in [0.15, 0.2) is 0 Å². The van der Waals surface area contributed by atoms with E-state index in [1.165, 1.54) is 0 Å². The Hall–Kier alpha value is -0.880. The zero-order valence-corrected chi connectivity index (χ0v) is 14.7. The molecule has 0 saturated carbocycles. The first-order valence-corrected chi connectivity index (χ1v) is 7.81. The van der Waals surface area contributed by atoms with Crippen molar-refractivity contribution in [2.45, 2.75) is 6.54 Å². The molecule has 0 aliphatic heterocycles. The maximum Gasteiger partial charge on any atom is 0.213 e. The van der Waals surface area contributed by atoms with Gasteiger partial charge in [-0.1, -0.05) is 23.2 Å². The number of hydrogen-bond acceptors (Lipinski definition) is 3. The molecule has 1 aromatic carbocycles. The van der Waals surface area contributed by atoms with Crippen molar-refractivity contribution in [2.75, 3.05) is 20.6 Å². The summed E-state index contributed by atoms with van der Waals surface area (Å²) in [5.41, 5.74) is 0.898. The van der Waals surface area contributed by atoms with Crippen LogP contribution in [0.4, 0.5) is 0 Å². The van der Waals surface area contributed by atoms with Gasteiger partial charge in [-0.2, -0.15) is 5.10 Å². The Kier molecular flexibility index (Phi) is 5.43. The van der Waals surface area contributed by atoms with E-state index in [4.69, 9.17) is 23.2 Å². The highest BCUT2D eigenvalue weighted by molar-refractivity contribution is 9.10. The zero-order chi connectivity index (χ0) is 15.6. The number of carbonyl (C=O) groups excluding carboxylic acids is 1. The van der Waals surface area contributed by atoms with Gasteiger partial charge in [0.05, 0.1) is 22.2 Å². The molecule has 0 aliphatic carbocycles. The van der Waals surface area contributed by atoms with Gasteiger partial charge in [-0.05, 0) is 48.2 Å². The molecular weight excluding hydrogens is 377 g/mol. The molecule has 0 spiro atoms. The molecule has 1 aromatic heterocycles. The predicted molar refractivity (Wildman–Crippen MR) is 88.4 cm³/mol. The Balaban J connectivity index is 2.36. The first-order valence-electron chi connectivity index (χ1n) is 6.26. The fourth-order valence-electron chi connectivity index (χ4n) is 1.85. The van der Waals surface area contributed by atoms with Crippen LogP contribution in [0.15, 0.2) is 28.9 Å². The van der Waals surface area contributed by atoms with Gasteiger partial charge in [0, 0.05) is 17.1 Å². The second-order valence-electron chi connectivity index (χ2n) is 4.82. The molecule has 21 heavy (non-hydrogen) atoms. The minimum Gasteiger partial charge on any atom is -0.308 e. The number of benzene rings is 1. The van der Waals surface area contributed by atoms with Gasteiger partial charge < -0.3 is 4.90 Å². The van der Waals surface area contributed by atoms with Crippen LogP contribution in [0.1, 0.15) is 16.1 Å². The molecule has 0 saturated heterocycles. The number of aromatic nitrogens is 2. The predicted octanol–water partition coefficient (Wildman–Crippen LogP) is 3.75. The molecule has 0 N–H and O–H groups in total. The van der Waals surface area contributed by atoms with Crippen LogP contribution in [0, 0.1) is 0 Å². The number of rotatable bonds is 5. The standard InChI is InChI=1S/C14H14BrCl2N3O/c1-19(2)5-6-20-13(11(15)8-18-20)14(21)10-4-3-9(16)7-12(10)17/h3-4,7-8H,5-6H2,1-2H3. The number of halogens is 3. The van der Waals surface area contributed by atoms with Crippen LogP contribution in [0.2, 0.25) is 10.0 Å². The Morgan fingerprint density at radius 1 is 1.38 bits per heavy atom. The van der Waals surface area contributed by atoms with Crippen LogP contribution in [-0.4, -0.2) is 41.1 Å². The van der Waals surface area contributed by atoms with E-state index in [-0.39, 0.29) is 5.78 Å². The number of nitrogens with zero attached hydrogens (tertiary/aromatic N) is 3. The summed E-state index contributed by atoms with van der Waals surface area (Å²) in [4.78, 5) is 14.7. The number of likely N-dealkylation sites (N-methyl/N-ethyl adjacent to an activating group) is 1. The molecule has 112 valence electrons. The smallest absolute Gasteiger partial charge is 0.213 e. The van der Waals surface area contributed by atoms with Crippen molar-refractivity contribution < 1.29 is 4.79 Å². The Labute approximate surface area is 141 Å². The minimum atomic E-state index is -0.181. The lowest BCUT2D eigenvalue weighted by Gasteiger charge is -2.12. The Morgan fingerprint density at radius 2 is 2.10 bits per heavy atom. The van der Waals surface area contributed by atoms with E-state index in [1.54, 1.807) is 29.1 Å². The van der Waals surface area contributed by atoms with Crippen molar-refractivity contribution in [2.24, 2.45) is 0 Å². The maximum atomic E-state index is 12.7. The summed E-state index contributed by atoms with van der Waals surface area (Å²) in [5.74, 6) is -0.181. The van der Waals surface area contributed by atoms with Crippen molar-refractivity contribution in [3.05, 3.63) is 50.2 Å². The molecule has 2 aromatic rings. The lowest BCUT2D eigenvalue weighted by molar-refractivity contribution is 0.102. The largest absolute Gasteiger partial charge is 0.308 e. The lowest BCUT2D eigenvalue weighted by atomic mass is 10.1. The monoisotopic (exact) mass is 389 g/mol. The van der Waals surface area contributed by atoms with Gasteiger partial charge in [0.1, 0.15) is 5.69 Å². The molecule has 0 unspecified atom stereocenters. The summed E-state index contributed by atoms with van der Waals surface area (Å²) in [5, 5.41) is 5.06. The van der Waals surface area contributed by atoms with Gasteiger partial charge >= 0.3 is 0 Å². The summed E-state index contributed by atoms with van der Waals surface area (Å²) in [6.45, 7) is 1.40. The normalized spacial score (nSPS) is 11.1. The molecule has 0 aliphatic rings. The third-order valence-corrected chi connectivity index (χ3v) is 4.07. The van der Waals surface area contributed by atoms with Crippen molar-refractivity contribution in [1.82, 2.24) is 14.7 Å². The van der Waals surface area contributed by atoms with Crippen LogP contribution in [0.25, 0.3) is 0 Å². The van der Waals surface area contributed by atoms with Crippen molar-refractivity contribution >= 4 is 44.9 Å². The van der Waals surface area contributed by atoms with Crippen molar-refractivity contribution in [3.63, 3.8) is 0 Å². The van der Waals surface area contributed by atoms with Gasteiger partial charge in [-0.3, -0.25) is 9.48 Å². The molecule has 4 nitrogen and oxygen atoms in total. The second-order valence-corrected chi connectivity index (χ2v) is 6.52. The summed E-state index contributed by atoms with van der Waals surface area (Å²) in [6.07, 6.45) is 1.62. The maximum absolute atomic E-state index is 12.7. The molecule has 0 amide bonds. The summed E-state index contributed by atoms with van der Waals surface area (Å²) in [6, 6.07) is 4.84. The zero-order valence-electron chi connectivity index (χ0n) is 11.6. The summed E-state index contributed by atoms with van der Waals surface area (Å²) >= 11 is 15.4. The van der Waals surface area contributed by atoms with Gasteiger partial charge in [-0.25, -0.2) is 0 Å². The van der Waals surface area contributed by atoms with E-state index in [0.717, 1.165) is 6.54 Å². The van der Waals surface area contributed by atoms with Crippen LogP contribution in [0.5, 0.6) is 0 Å². The van der Waals surface area contributed by atoms with Gasteiger partial charge in [-0.15, -0.1) is 0 Å². The third-order valence-electron chi connectivity index (χ3n) is 2.94. The first-order chi connectivity index (χ1) is 9.90. The highest BCUT2D eigenvalue weighted by Crippen LogP contribution is 2.26. The molecule has 0 atom stereocenters.